The van der Waals surface area contributed by atoms with Crippen LogP contribution in [0.4, 0.5) is 0 Å². The molecule has 6 aromatic rings. The van der Waals surface area contributed by atoms with Gasteiger partial charge in [0.15, 0.2) is 0 Å². The molecule has 0 saturated heterocycles. The van der Waals surface area contributed by atoms with Gasteiger partial charge in [0.2, 0.25) is 0 Å². The van der Waals surface area contributed by atoms with Crippen LogP contribution >= 0.6 is 0 Å². The van der Waals surface area contributed by atoms with Crippen molar-refractivity contribution in [2.24, 2.45) is 15.5 Å². The number of rotatable bonds is 6. The minimum Gasteiger partial charge on any atom is -1.00 e. The van der Waals surface area contributed by atoms with Crippen molar-refractivity contribution in [2.45, 2.75) is 0 Å². The third kappa shape index (κ3) is 18.3. The average Bonchev–Trinajstić information content (AvgIpc) is 3.19. The first-order chi connectivity index (χ1) is 25.2. The van der Waals surface area contributed by atoms with Gasteiger partial charge >= 0.3 is 0 Å². The molecule has 0 fully saturated rings. The maximum Gasteiger partial charge on any atom is 0.135 e. The van der Waals surface area contributed by atoms with Crippen LogP contribution in [-0.4, -0.2) is 59.9 Å². The van der Waals surface area contributed by atoms with Crippen LogP contribution in [0.5, 0.6) is 0 Å². The number of nitrogens with zero attached hydrogens (tertiary/aromatic N) is 6. The molecular weight excluding hydrogens is 791 g/mol. The summed E-state index contributed by atoms with van der Waals surface area (Å²) in [7, 11) is -3.94. The predicted molar refractivity (Wildman–Crippen MR) is 182 cm³/mol. The van der Waals surface area contributed by atoms with Crippen molar-refractivity contribution in [3.05, 3.63) is 198 Å². The van der Waals surface area contributed by atoms with Crippen molar-refractivity contribution >= 4 is 17.1 Å². The Morgan fingerprint density at radius 2 is 0.630 bits per heavy atom. The van der Waals surface area contributed by atoms with Crippen LogP contribution in [0, 0.1) is 10.2 Å². The number of aromatic nitrogens is 3. The molecule has 0 bridgehead atoms. The number of hydrogen-bond acceptors (Lipinski definition) is 14. The van der Waals surface area contributed by atoms with Crippen LogP contribution < -0.4 is 31.0 Å². The molecule has 0 aliphatic rings. The molecule has 17 heteroatoms. The topological polar surface area (TPSA) is 249 Å². The molecule has 3 aromatic heterocycles. The van der Waals surface area contributed by atoms with Crippen molar-refractivity contribution in [2.75, 3.05) is 7.11 Å². The molecule has 0 atom stereocenters. The number of aliphatic hydroxyl groups is 1. The third-order valence-electron chi connectivity index (χ3n) is 6.16. The Bertz CT molecular complexity index is 1570. The van der Waals surface area contributed by atoms with E-state index in [-0.39, 0.29) is 29.5 Å². The summed E-state index contributed by atoms with van der Waals surface area (Å²) in [5, 5.41) is 43.8. The van der Waals surface area contributed by atoms with E-state index in [2.05, 4.69) is 30.4 Å². The Kier molecular flexibility index (Phi) is 25.1. The average molecular weight is 825 g/mol. The summed E-state index contributed by atoms with van der Waals surface area (Å²) in [6, 6.07) is 44.8. The summed E-state index contributed by atoms with van der Waals surface area (Å²) in [6.07, 6.45) is 5.01. The van der Waals surface area contributed by atoms with Crippen molar-refractivity contribution in [3.8, 4) is 0 Å². The van der Waals surface area contributed by atoms with Crippen LogP contribution in [0.25, 0.3) is 0 Å². The molecular formula is C37H34Cl2CuN6O8-2. The van der Waals surface area contributed by atoms with E-state index in [4.69, 9.17) is 39.4 Å². The summed E-state index contributed by atoms with van der Waals surface area (Å²) >= 11 is 0. The Morgan fingerprint density at radius 1 is 0.426 bits per heavy atom. The Morgan fingerprint density at radius 3 is 0.796 bits per heavy atom. The first-order valence-electron chi connectivity index (χ1n) is 14.9. The Balaban J connectivity index is 0.000000706. The summed E-state index contributed by atoms with van der Waals surface area (Å²) < 4.78 is 34.0. The van der Waals surface area contributed by atoms with Gasteiger partial charge in [-0.15, -0.1) is 10.2 Å². The van der Waals surface area contributed by atoms with Crippen molar-refractivity contribution < 1.29 is 79.1 Å². The largest absolute Gasteiger partial charge is 1.00 e. The van der Waals surface area contributed by atoms with Gasteiger partial charge in [-0.3, -0.25) is 15.0 Å². The van der Waals surface area contributed by atoms with E-state index >= 15 is 0 Å². The van der Waals surface area contributed by atoms with Gasteiger partial charge in [-0.25, -0.2) is 18.6 Å². The van der Waals surface area contributed by atoms with Crippen molar-refractivity contribution in [3.63, 3.8) is 0 Å². The number of oxime groups is 3. The van der Waals surface area contributed by atoms with Gasteiger partial charge in [0.1, 0.15) is 17.1 Å². The molecule has 0 saturated carbocycles. The van der Waals surface area contributed by atoms with Gasteiger partial charge in [0, 0.05) is 59.5 Å². The Labute approximate surface area is 330 Å². The second-order valence-electron chi connectivity index (χ2n) is 9.47. The van der Waals surface area contributed by atoms with Crippen LogP contribution in [0.3, 0.4) is 0 Å². The number of halogens is 2. The van der Waals surface area contributed by atoms with Gasteiger partial charge in [0.05, 0.1) is 17.1 Å². The van der Waals surface area contributed by atoms with Crippen LogP contribution in [0.2, 0.25) is 0 Å². The number of pyridine rings is 3. The van der Waals surface area contributed by atoms with Gasteiger partial charge in [-0.1, -0.05) is 125 Å². The van der Waals surface area contributed by atoms with E-state index in [1.807, 2.05) is 146 Å². The van der Waals surface area contributed by atoms with Crippen LogP contribution in [0.15, 0.2) is 180 Å². The zero-order chi connectivity index (χ0) is 38.0. The van der Waals surface area contributed by atoms with E-state index in [0.29, 0.717) is 34.2 Å². The SMILES string of the molecule is CO.O/N=C(\c1ccccc1)c1ccccn1.O/N=C(\c1ccccc1)c1ccccn1.O/N=C(\c1ccccc1)c1ccccn1.[Cl-].[Cu].[O-][Cl+3]([O-])([O-])[O-]. The van der Waals surface area contributed by atoms with Crippen LogP contribution in [-0.2, 0) is 17.1 Å². The number of benzene rings is 3. The molecule has 4 N–H and O–H groups in total. The maximum atomic E-state index is 8.98. The summed E-state index contributed by atoms with van der Waals surface area (Å²) in [5.41, 5.74) is 5.96. The smallest absolute Gasteiger partial charge is 0.135 e. The van der Waals surface area contributed by atoms with E-state index in [9.17, 15) is 0 Å². The number of hydrogen-bond donors (Lipinski definition) is 4. The molecule has 14 nitrogen and oxygen atoms in total. The predicted octanol–water partition coefficient (Wildman–Crippen LogP) is -1.22. The van der Waals surface area contributed by atoms with E-state index in [0.717, 1.165) is 23.8 Å². The molecule has 3 heterocycles. The minimum absolute atomic E-state index is 0. The van der Waals surface area contributed by atoms with E-state index in [1.54, 1.807) is 18.6 Å². The maximum absolute atomic E-state index is 8.98. The zero-order valence-electron chi connectivity index (χ0n) is 28.3. The molecule has 0 spiro atoms. The molecule has 54 heavy (non-hydrogen) atoms. The van der Waals surface area contributed by atoms with Gasteiger partial charge in [-0.05, 0) is 36.4 Å². The quantitative estimate of drug-likeness (QED) is 0.0671. The summed E-state index contributed by atoms with van der Waals surface area (Å²) in [4.78, 5) is 12.4. The normalized spacial score (nSPS) is 10.7. The first kappa shape index (κ1) is 48.4. The fraction of sp³-hybridized carbons (Fsp3) is 0.0270. The fourth-order valence-corrected chi connectivity index (χ4v) is 4.07. The van der Waals surface area contributed by atoms with Crippen LogP contribution in [0.1, 0.15) is 33.8 Å². The monoisotopic (exact) mass is 823 g/mol. The Hall–Kier alpha value is -5.58. The molecule has 0 amide bonds. The first-order valence-corrected chi connectivity index (χ1v) is 16.1. The summed E-state index contributed by atoms with van der Waals surface area (Å²) in [5.74, 6) is 0. The van der Waals surface area contributed by atoms with E-state index in [1.165, 1.54) is 0 Å². The second kappa shape index (κ2) is 28.0. The summed E-state index contributed by atoms with van der Waals surface area (Å²) in [6.45, 7) is 0. The van der Waals surface area contributed by atoms with E-state index < -0.39 is 10.2 Å². The molecule has 0 aliphatic carbocycles. The van der Waals surface area contributed by atoms with Crippen molar-refractivity contribution in [1.82, 2.24) is 15.0 Å². The second-order valence-corrected chi connectivity index (χ2v) is 10.2. The molecule has 6 rings (SSSR count). The third-order valence-corrected chi connectivity index (χ3v) is 6.16. The molecule has 0 aliphatic heterocycles. The zero-order valence-corrected chi connectivity index (χ0v) is 30.7. The van der Waals surface area contributed by atoms with Crippen molar-refractivity contribution in [1.29, 1.82) is 0 Å². The molecule has 1 radical (unpaired) electrons. The fourth-order valence-electron chi connectivity index (χ4n) is 4.07. The molecule has 3 aromatic carbocycles. The standard InChI is InChI=1S/3C12H10N2O.CH4O.ClHO4.ClH.Cu/c3*15-14-12(10-6-2-1-3-7-10)11-8-4-5-9-13-11;1-2;2-1(3,4)5;;/h3*1-9,15H;2H,1H3;(H,2,3,4,5);1H;/p-2/b3*14-12+;;;;. The van der Waals surface area contributed by atoms with Gasteiger partial charge in [-0.2, -0.15) is 0 Å². The molecule has 287 valence electrons. The number of aliphatic hydroxyl groups excluding tert-OH is 1. The minimum atomic E-state index is -4.94. The molecule has 0 unspecified atom stereocenters. The van der Waals surface area contributed by atoms with Gasteiger partial charge < -0.3 is 33.1 Å². The van der Waals surface area contributed by atoms with Gasteiger partial charge in [0.25, 0.3) is 0 Å².